The van der Waals surface area contributed by atoms with Gasteiger partial charge in [-0.15, -0.1) is 0 Å². The van der Waals surface area contributed by atoms with Crippen LogP contribution in [0, 0.1) is 0 Å². The molecule has 5 heteroatoms. The fraction of sp³-hybridized carbons (Fsp3) is 0.586. The van der Waals surface area contributed by atoms with Crippen LogP contribution in [0.2, 0.25) is 0 Å². The second-order valence-electron chi connectivity index (χ2n) is 12.4. The zero-order valence-electron chi connectivity index (χ0n) is 22.0. The van der Waals surface area contributed by atoms with Gasteiger partial charge >= 0.3 is 6.09 Å². The fourth-order valence-corrected chi connectivity index (χ4v) is 5.24. The van der Waals surface area contributed by atoms with Crippen molar-refractivity contribution in [2.24, 2.45) is 0 Å². The molecule has 0 radical (unpaired) electrons. The number of hydrogen-bond donors (Lipinski definition) is 1. The molecule has 0 unspecified atom stereocenters. The van der Waals surface area contributed by atoms with Gasteiger partial charge in [-0.1, -0.05) is 39.8 Å². The predicted molar refractivity (Wildman–Crippen MR) is 140 cm³/mol. The Morgan fingerprint density at radius 3 is 2.29 bits per heavy atom. The van der Waals surface area contributed by atoms with Crippen molar-refractivity contribution in [3.05, 3.63) is 47.7 Å². The molecule has 2 aromatic rings. The molecule has 1 aliphatic heterocycles. The number of nitrogens with zero attached hydrogens (tertiary/aromatic N) is 2. The van der Waals surface area contributed by atoms with Gasteiger partial charge in [0.1, 0.15) is 6.10 Å². The lowest BCUT2D eigenvalue weighted by atomic mass is 9.63. The highest BCUT2D eigenvalue weighted by molar-refractivity contribution is 5.69. The van der Waals surface area contributed by atoms with Crippen LogP contribution >= 0.6 is 0 Å². The normalized spacial score (nSPS) is 19.9. The molecule has 5 nitrogen and oxygen atoms in total. The monoisotopic (exact) mass is 463 g/mol. The van der Waals surface area contributed by atoms with Crippen molar-refractivity contribution in [3.63, 3.8) is 0 Å². The number of ether oxygens (including phenoxy) is 1. The fourth-order valence-electron chi connectivity index (χ4n) is 5.24. The Kier molecular flexibility index (Phi) is 6.43. The van der Waals surface area contributed by atoms with E-state index in [0.29, 0.717) is 0 Å². The van der Waals surface area contributed by atoms with Crippen LogP contribution in [0.25, 0.3) is 11.3 Å². The molecule has 1 saturated heterocycles. The van der Waals surface area contributed by atoms with Gasteiger partial charge in [-0.2, -0.15) is 0 Å². The zero-order chi connectivity index (χ0) is 24.7. The molecule has 1 N–H and O–H groups in total. The second kappa shape index (κ2) is 8.90. The molecule has 0 atom stereocenters. The lowest BCUT2D eigenvalue weighted by Gasteiger charge is -2.42. The Bertz CT molecular complexity index is 1040. The van der Waals surface area contributed by atoms with Crippen molar-refractivity contribution >= 4 is 11.8 Å². The maximum absolute atomic E-state index is 12.1. The van der Waals surface area contributed by atoms with Crippen LogP contribution in [0.3, 0.4) is 0 Å². The molecular formula is C29H41N3O2. The maximum Gasteiger partial charge on any atom is 0.407 e. The average molecular weight is 464 g/mol. The molecule has 0 bridgehead atoms. The highest BCUT2D eigenvalue weighted by atomic mass is 16.6. The topological polar surface area (TPSA) is 54.5 Å². The van der Waals surface area contributed by atoms with Gasteiger partial charge < -0.3 is 15.0 Å². The third kappa shape index (κ3) is 5.39. The Morgan fingerprint density at radius 1 is 1.00 bits per heavy atom. The van der Waals surface area contributed by atoms with E-state index < -0.39 is 0 Å². The summed E-state index contributed by atoms with van der Waals surface area (Å²) in [6, 6.07) is 11.2. The Labute approximate surface area is 205 Å². The van der Waals surface area contributed by atoms with Gasteiger partial charge in [0, 0.05) is 48.9 Å². The number of carbonyl (C=O) groups excluding carboxylic acids is 1. The zero-order valence-corrected chi connectivity index (χ0v) is 22.0. The maximum atomic E-state index is 12.1. The lowest BCUT2D eigenvalue weighted by molar-refractivity contribution is 0.0777. The Balaban J connectivity index is 1.47. The van der Waals surface area contributed by atoms with E-state index in [9.17, 15) is 4.79 Å². The molecule has 184 valence electrons. The Morgan fingerprint density at radius 2 is 1.65 bits per heavy atom. The summed E-state index contributed by atoms with van der Waals surface area (Å²) in [5.74, 6) is 0. The molecule has 0 saturated carbocycles. The van der Waals surface area contributed by atoms with E-state index in [4.69, 9.17) is 9.72 Å². The van der Waals surface area contributed by atoms with Crippen molar-refractivity contribution in [2.45, 2.75) is 96.6 Å². The molecule has 1 amide bonds. The van der Waals surface area contributed by atoms with Gasteiger partial charge in [0.05, 0.1) is 5.69 Å². The molecule has 1 fully saturated rings. The van der Waals surface area contributed by atoms with Crippen LogP contribution in [-0.4, -0.2) is 35.8 Å². The molecule has 1 aliphatic carbocycles. The number of alkyl carbamates (subject to hydrolysis) is 1. The highest BCUT2D eigenvalue weighted by Gasteiger charge is 2.37. The number of nitrogens with one attached hydrogen (secondary N) is 1. The molecule has 2 heterocycles. The summed E-state index contributed by atoms with van der Waals surface area (Å²) < 4.78 is 5.64. The van der Waals surface area contributed by atoms with Crippen LogP contribution in [0.1, 0.15) is 85.3 Å². The number of fused-ring (bicyclic) bond motifs is 1. The predicted octanol–water partition coefficient (Wildman–Crippen LogP) is 6.59. The summed E-state index contributed by atoms with van der Waals surface area (Å²) in [5, 5.41) is 2.88. The largest absolute Gasteiger partial charge is 0.446 e. The number of hydrogen-bond acceptors (Lipinski definition) is 4. The molecule has 34 heavy (non-hydrogen) atoms. The first kappa shape index (κ1) is 24.6. The standard InChI is InChI=1S/C29H41N3O2/c1-27(2,3)31-26(33)34-22-11-16-32(17-12-22)21-10-15-30-25(19-21)20-8-9-23-24(18-20)29(6,7)14-13-28(23,4)5/h8-10,15,18-19,22H,11-14,16-17H2,1-7H3,(H,31,33). The van der Waals surface area contributed by atoms with E-state index in [0.717, 1.165) is 31.6 Å². The minimum atomic E-state index is -0.323. The number of benzene rings is 1. The SMILES string of the molecule is CC(C)(C)NC(=O)OC1CCN(c2ccnc(-c3ccc4c(c3)C(C)(C)CCC4(C)C)c2)CC1. The first-order chi connectivity index (χ1) is 15.8. The van der Waals surface area contributed by atoms with E-state index in [1.54, 1.807) is 0 Å². The van der Waals surface area contributed by atoms with E-state index >= 15 is 0 Å². The molecule has 1 aromatic carbocycles. The smallest absolute Gasteiger partial charge is 0.407 e. The molecule has 0 spiro atoms. The number of pyridine rings is 1. The van der Waals surface area contributed by atoms with Crippen molar-refractivity contribution < 1.29 is 9.53 Å². The number of carbonyl (C=O) groups is 1. The number of piperidine rings is 1. The molecule has 2 aliphatic rings. The van der Waals surface area contributed by atoms with Gasteiger partial charge in [-0.3, -0.25) is 4.98 Å². The highest BCUT2D eigenvalue weighted by Crippen LogP contribution is 2.46. The molecular weight excluding hydrogens is 422 g/mol. The van der Waals surface area contributed by atoms with Crippen LogP contribution in [0.15, 0.2) is 36.5 Å². The summed E-state index contributed by atoms with van der Waals surface area (Å²) >= 11 is 0. The van der Waals surface area contributed by atoms with E-state index in [1.807, 2.05) is 27.0 Å². The first-order valence-electron chi connectivity index (χ1n) is 12.7. The van der Waals surface area contributed by atoms with Crippen LogP contribution in [0.4, 0.5) is 10.5 Å². The summed E-state index contributed by atoms with van der Waals surface area (Å²) in [7, 11) is 0. The van der Waals surface area contributed by atoms with Crippen LogP contribution in [-0.2, 0) is 15.6 Å². The third-order valence-electron chi connectivity index (χ3n) is 7.45. The lowest BCUT2D eigenvalue weighted by Crippen LogP contribution is -2.44. The quantitative estimate of drug-likeness (QED) is 0.558. The Hall–Kier alpha value is -2.56. The molecule has 1 aromatic heterocycles. The van der Waals surface area contributed by atoms with Crippen LogP contribution < -0.4 is 10.2 Å². The second-order valence-corrected chi connectivity index (χ2v) is 12.4. The molecule has 4 rings (SSSR count). The first-order valence-corrected chi connectivity index (χ1v) is 12.7. The van der Waals surface area contributed by atoms with Crippen LogP contribution in [0.5, 0.6) is 0 Å². The average Bonchev–Trinajstić information content (AvgIpc) is 2.76. The summed E-state index contributed by atoms with van der Waals surface area (Å²) in [4.78, 5) is 19.2. The van der Waals surface area contributed by atoms with E-state index in [-0.39, 0.29) is 28.6 Å². The van der Waals surface area contributed by atoms with Crippen molar-refractivity contribution in [2.75, 3.05) is 18.0 Å². The van der Waals surface area contributed by atoms with Crippen molar-refractivity contribution in [1.29, 1.82) is 0 Å². The third-order valence-corrected chi connectivity index (χ3v) is 7.45. The van der Waals surface area contributed by atoms with Gasteiger partial charge in [0.25, 0.3) is 0 Å². The van der Waals surface area contributed by atoms with Crippen molar-refractivity contribution in [3.8, 4) is 11.3 Å². The van der Waals surface area contributed by atoms with Gasteiger partial charge in [0.15, 0.2) is 0 Å². The summed E-state index contributed by atoms with van der Waals surface area (Å²) in [6.45, 7) is 17.1. The van der Waals surface area contributed by atoms with E-state index in [1.165, 1.54) is 35.2 Å². The minimum absolute atomic E-state index is 0.0360. The van der Waals surface area contributed by atoms with Crippen molar-refractivity contribution in [1.82, 2.24) is 10.3 Å². The van der Waals surface area contributed by atoms with Gasteiger partial charge in [-0.05, 0) is 73.8 Å². The van der Waals surface area contributed by atoms with Gasteiger partial charge in [-0.25, -0.2) is 4.79 Å². The number of aromatic nitrogens is 1. The van der Waals surface area contributed by atoms with E-state index in [2.05, 4.69) is 68.2 Å². The summed E-state index contributed by atoms with van der Waals surface area (Å²) in [6.07, 6.45) is 5.64. The number of rotatable bonds is 3. The number of anilines is 1. The summed E-state index contributed by atoms with van der Waals surface area (Å²) in [5.41, 5.74) is 6.42. The van der Waals surface area contributed by atoms with Gasteiger partial charge in [0.2, 0.25) is 0 Å². The minimum Gasteiger partial charge on any atom is -0.446 e. The number of amides is 1.